The van der Waals surface area contributed by atoms with Gasteiger partial charge in [0.15, 0.2) is 0 Å². The van der Waals surface area contributed by atoms with Crippen molar-refractivity contribution >= 4 is 17.3 Å². The van der Waals surface area contributed by atoms with Crippen LogP contribution >= 0.6 is 0 Å². The molecule has 4 rings (SSSR count). The van der Waals surface area contributed by atoms with Crippen LogP contribution in [0.4, 0.5) is 0 Å². The van der Waals surface area contributed by atoms with E-state index in [4.69, 9.17) is 9.47 Å². The molecule has 0 amide bonds. The minimum atomic E-state index is -0.495. The van der Waals surface area contributed by atoms with Gasteiger partial charge in [0.05, 0.1) is 25.4 Å². The third-order valence-corrected chi connectivity index (χ3v) is 5.60. The molecule has 0 saturated heterocycles. The predicted octanol–water partition coefficient (Wildman–Crippen LogP) is 4.75. The molecule has 0 aromatic heterocycles. The van der Waals surface area contributed by atoms with E-state index in [0.29, 0.717) is 24.5 Å². The fraction of sp³-hybridized carbons (Fsp3) is 0.214. The quantitative estimate of drug-likeness (QED) is 0.166. The highest BCUT2D eigenvalue weighted by atomic mass is 16.5. The van der Waals surface area contributed by atoms with Crippen LogP contribution in [0.5, 0.6) is 0 Å². The van der Waals surface area contributed by atoms with E-state index in [1.54, 1.807) is 6.92 Å². The smallest absolute Gasteiger partial charge is 0.345 e. The standard InChI is InChI=1S/C28H27NO4/c1-3-33-28(30)26-25(22-12-8-5-9-13-22)23-15-14-21(18-24(23)27(26)29(2)31)19-32-17-16-20-10-6-4-7-11-20/h4-15,18H,3,16-17,19H2,1-2H3/b29-27+. The Morgan fingerprint density at radius 1 is 0.909 bits per heavy atom. The number of ether oxygens (including phenoxy) is 2. The molecule has 0 spiro atoms. The molecule has 5 nitrogen and oxygen atoms in total. The number of carbonyl (C=O) groups excluding carboxylic acids is 1. The molecule has 0 radical (unpaired) electrons. The number of esters is 1. The minimum absolute atomic E-state index is 0.233. The second-order valence-electron chi connectivity index (χ2n) is 7.85. The van der Waals surface area contributed by atoms with E-state index in [0.717, 1.165) is 39.0 Å². The highest BCUT2D eigenvalue weighted by Gasteiger charge is 2.38. The summed E-state index contributed by atoms with van der Waals surface area (Å²) in [6.45, 7) is 3.01. The van der Waals surface area contributed by atoms with E-state index in [9.17, 15) is 10.0 Å². The second kappa shape index (κ2) is 10.3. The summed E-state index contributed by atoms with van der Waals surface area (Å²) in [5.41, 5.74) is 5.95. The topological polar surface area (TPSA) is 61.6 Å². The normalized spacial score (nSPS) is 14.2. The van der Waals surface area contributed by atoms with Crippen LogP contribution in [0.1, 0.15) is 34.7 Å². The Morgan fingerprint density at radius 3 is 2.27 bits per heavy atom. The monoisotopic (exact) mass is 441 g/mol. The van der Waals surface area contributed by atoms with Crippen LogP contribution in [0.2, 0.25) is 0 Å². The zero-order chi connectivity index (χ0) is 23.2. The summed E-state index contributed by atoms with van der Waals surface area (Å²) < 4.78 is 12.0. The molecule has 3 aromatic carbocycles. The number of fused-ring (bicyclic) bond motifs is 1. The highest BCUT2D eigenvalue weighted by Crippen LogP contribution is 2.39. The Balaban J connectivity index is 1.64. The second-order valence-corrected chi connectivity index (χ2v) is 7.85. The van der Waals surface area contributed by atoms with E-state index in [1.165, 1.54) is 12.6 Å². The van der Waals surface area contributed by atoms with Crippen LogP contribution in [0.15, 0.2) is 84.4 Å². The lowest BCUT2D eigenvalue weighted by atomic mass is 9.97. The van der Waals surface area contributed by atoms with Crippen molar-refractivity contribution in [2.75, 3.05) is 20.3 Å². The number of benzene rings is 3. The van der Waals surface area contributed by atoms with Crippen molar-refractivity contribution in [1.82, 2.24) is 0 Å². The first-order valence-corrected chi connectivity index (χ1v) is 11.1. The molecule has 1 aliphatic carbocycles. The van der Waals surface area contributed by atoms with Crippen LogP contribution in [0.25, 0.3) is 5.57 Å². The summed E-state index contributed by atoms with van der Waals surface area (Å²) in [7, 11) is 1.41. The van der Waals surface area contributed by atoms with Gasteiger partial charge in [0.25, 0.3) is 0 Å². The third-order valence-electron chi connectivity index (χ3n) is 5.60. The molecule has 0 saturated carbocycles. The van der Waals surface area contributed by atoms with Crippen molar-refractivity contribution in [2.24, 2.45) is 0 Å². The van der Waals surface area contributed by atoms with Gasteiger partial charge >= 0.3 is 5.97 Å². The number of nitrogens with zero attached hydrogens (tertiary/aromatic N) is 1. The maximum Gasteiger partial charge on any atom is 0.345 e. The molecular formula is C28H27NO4. The summed E-state index contributed by atoms with van der Waals surface area (Å²) in [5.74, 6) is -0.495. The first-order valence-electron chi connectivity index (χ1n) is 11.1. The molecule has 0 bridgehead atoms. The van der Waals surface area contributed by atoms with Crippen molar-refractivity contribution in [2.45, 2.75) is 20.0 Å². The van der Waals surface area contributed by atoms with Gasteiger partial charge in [0, 0.05) is 5.57 Å². The molecule has 0 unspecified atom stereocenters. The summed E-state index contributed by atoms with van der Waals surface area (Å²) in [6, 6.07) is 25.7. The van der Waals surface area contributed by atoms with Crippen molar-refractivity contribution in [3.8, 4) is 0 Å². The van der Waals surface area contributed by atoms with Gasteiger partial charge in [-0.1, -0.05) is 72.8 Å². The lowest BCUT2D eigenvalue weighted by Gasteiger charge is -2.09. The van der Waals surface area contributed by atoms with E-state index < -0.39 is 5.97 Å². The molecule has 168 valence electrons. The molecule has 5 heteroatoms. The van der Waals surface area contributed by atoms with Crippen LogP contribution in [0, 0.1) is 5.21 Å². The Kier molecular flexibility index (Phi) is 7.01. The maximum absolute atomic E-state index is 13.0. The zero-order valence-corrected chi connectivity index (χ0v) is 18.9. The van der Waals surface area contributed by atoms with E-state index in [-0.39, 0.29) is 6.61 Å². The van der Waals surface area contributed by atoms with E-state index >= 15 is 0 Å². The molecule has 3 aromatic rings. The molecule has 0 atom stereocenters. The van der Waals surface area contributed by atoms with Crippen molar-refractivity contribution in [1.29, 1.82) is 0 Å². The van der Waals surface area contributed by atoms with Crippen molar-refractivity contribution in [3.63, 3.8) is 0 Å². The number of rotatable bonds is 8. The van der Waals surface area contributed by atoms with E-state index in [2.05, 4.69) is 12.1 Å². The predicted molar refractivity (Wildman–Crippen MR) is 129 cm³/mol. The first-order chi connectivity index (χ1) is 16.1. The Labute approximate surface area is 194 Å². The van der Waals surface area contributed by atoms with Crippen LogP contribution in [-0.4, -0.2) is 36.7 Å². The third kappa shape index (κ3) is 4.89. The average molecular weight is 442 g/mol. The molecule has 0 fully saturated rings. The Hall–Kier alpha value is -3.70. The maximum atomic E-state index is 13.0. The van der Waals surface area contributed by atoms with Gasteiger partial charge in [-0.3, -0.25) is 0 Å². The summed E-state index contributed by atoms with van der Waals surface area (Å²) in [5, 5.41) is 12.6. The number of hydroxylamine groups is 1. The van der Waals surface area contributed by atoms with Gasteiger partial charge < -0.3 is 14.7 Å². The summed E-state index contributed by atoms with van der Waals surface area (Å²) in [4.78, 5) is 13.0. The lowest BCUT2D eigenvalue weighted by molar-refractivity contribution is -0.421. The molecule has 33 heavy (non-hydrogen) atoms. The first kappa shape index (κ1) is 22.5. The van der Waals surface area contributed by atoms with Gasteiger partial charge in [0.1, 0.15) is 12.6 Å². The van der Waals surface area contributed by atoms with Crippen LogP contribution in [-0.2, 0) is 27.3 Å². The molecular weight excluding hydrogens is 414 g/mol. The van der Waals surface area contributed by atoms with Gasteiger partial charge in [-0.05, 0) is 41.7 Å². The number of hydrogen-bond acceptors (Lipinski definition) is 4. The average Bonchev–Trinajstić information content (AvgIpc) is 3.18. The summed E-state index contributed by atoms with van der Waals surface area (Å²) in [6.07, 6.45) is 0.833. The van der Waals surface area contributed by atoms with Crippen LogP contribution in [0.3, 0.4) is 0 Å². The molecule has 0 N–H and O–H groups in total. The van der Waals surface area contributed by atoms with Gasteiger partial charge in [-0.2, -0.15) is 0 Å². The van der Waals surface area contributed by atoms with Crippen molar-refractivity contribution < 1.29 is 19.0 Å². The van der Waals surface area contributed by atoms with Crippen molar-refractivity contribution in [3.05, 3.63) is 117 Å². The largest absolute Gasteiger partial charge is 0.624 e. The number of carbonyl (C=O) groups is 1. The van der Waals surface area contributed by atoms with Gasteiger partial charge in [-0.25, -0.2) is 9.53 Å². The summed E-state index contributed by atoms with van der Waals surface area (Å²) >= 11 is 0. The molecule has 0 aliphatic heterocycles. The highest BCUT2D eigenvalue weighted by molar-refractivity contribution is 6.35. The fourth-order valence-electron chi connectivity index (χ4n) is 4.14. The minimum Gasteiger partial charge on any atom is -0.624 e. The Bertz CT molecular complexity index is 1190. The molecule has 1 aliphatic rings. The van der Waals surface area contributed by atoms with Crippen LogP contribution < -0.4 is 0 Å². The van der Waals surface area contributed by atoms with E-state index in [1.807, 2.05) is 66.7 Å². The SMILES string of the molecule is CCOC(=O)C1=C(c2ccccc2)c2ccc(COCCc3ccccc3)cc2/C1=[N+](/C)[O-]. The zero-order valence-electron chi connectivity index (χ0n) is 18.9. The number of hydrogen-bond donors (Lipinski definition) is 0. The van der Waals surface area contributed by atoms with Gasteiger partial charge in [-0.15, -0.1) is 0 Å². The molecule has 0 heterocycles. The fourth-order valence-corrected chi connectivity index (χ4v) is 4.14. The van der Waals surface area contributed by atoms with Gasteiger partial charge in [0.2, 0.25) is 5.71 Å². The Morgan fingerprint density at radius 2 is 1.61 bits per heavy atom. The lowest BCUT2D eigenvalue weighted by Crippen LogP contribution is -2.21.